The van der Waals surface area contributed by atoms with Crippen molar-refractivity contribution in [1.29, 1.82) is 0 Å². The van der Waals surface area contributed by atoms with Crippen LogP contribution in [0.4, 0.5) is 0 Å². The molecule has 2 aromatic carbocycles. The van der Waals surface area contributed by atoms with Crippen molar-refractivity contribution in [1.82, 2.24) is 0 Å². The summed E-state index contributed by atoms with van der Waals surface area (Å²) in [5, 5.41) is 0.748. The van der Waals surface area contributed by atoms with Gasteiger partial charge in [0.1, 0.15) is 6.61 Å². The molecule has 0 spiro atoms. The van der Waals surface area contributed by atoms with Gasteiger partial charge in [0.25, 0.3) is 0 Å². The van der Waals surface area contributed by atoms with Crippen molar-refractivity contribution in [2.24, 2.45) is 0 Å². The van der Waals surface area contributed by atoms with Crippen molar-refractivity contribution in [2.45, 2.75) is 11.9 Å². The molecule has 0 aliphatic rings. The van der Waals surface area contributed by atoms with Gasteiger partial charge < -0.3 is 23.7 Å². The molecule has 0 aromatic heterocycles. The van der Waals surface area contributed by atoms with Crippen LogP contribution in [0.2, 0.25) is 0 Å². The van der Waals surface area contributed by atoms with E-state index in [9.17, 15) is 0 Å². The zero-order chi connectivity index (χ0) is 17.5. The molecule has 2 aromatic rings. The minimum atomic E-state index is 0.346. The van der Waals surface area contributed by atoms with Crippen molar-refractivity contribution < 1.29 is 23.7 Å². The van der Waals surface area contributed by atoms with Gasteiger partial charge in [-0.3, -0.25) is 0 Å². The summed E-state index contributed by atoms with van der Waals surface area (Å²) in [5.74, 6) is 3.12. The van der Waals surface area contributed by atoms with Gasteiger partial charge in [-0.15, -0.1) is 0 Å². The van der Waals surface area contributed by atoms with Crippen molar-refractivity contribution in [3.63, 3.8) is 0 Å². The van der Waals surface area contributed by atoms with Crippen LogP contribution < -0.4 is 23.7 Å². The molecule has 0 saturated carbocycles. The molecule has 0 fully saturated rings. The quantitative estimate of drug-likeness (QED) is 0.625. The van der Waals surface area contributed by atoms with Crippen LogP contribution >= 0.6 is 15.9 Å². The second kappa shape index (κ2) is 8.68. The number of hydrogen-bond acceptors (Lipinski definition) is 5. The van der Waals surface area contributed by atoms with Gasteiger partial charge in [-0.05, 0) is 35.4 Å². The number of halogens is 1. The van der Waals surface area contributed by atoms with Gasteiger partial charge in [0.2, 0.25) is 5.75 Å². The molecule has 2 rings (SSSR count). The van der Waals surface area contributed by atoms with Gasteiger partial charge in [-0.25, -0.2) is 0 Å². The van der Waals surface area contributed by atoms with E-state index in [-0.39, 0.29) is 0 Å². The van der Waals surface area contributed by atoms with Gasteiger partial charge in [0.15, 0.2) is 23.0 Å². The molecule has 0 bridgehead atoms. The van der Waals surface area contributed by atoms with Crippen LogP contribution in [0.1, 0.15) is 11.1 Å². The highest BCUT2D eigenvalue weighted by Crippen LogP contribution is 2.38. The van der Waals surface area contributed by atoms with Crippen LogP contribution in [0, 0.1) is 0 Å². The van der Waals surface area contributed by atoms with Crippen LogP contribution in [0.25, 0.3) is 0 Å². The van der Waals surface area contributed by atoms with E-state index in [0.29, 0.717) is 35.4 Å². The fourth-order valence-electron chi connectivity index (χ4n) is 2.30. The summed E-state index contributed by atoms with van der Waals surface area (Å²) in [4.78, 5) is 0. The largest absolute Gasteiger partial charge is 0.493 e. The third kappa shape index (κ3) is 4.06. The van der Waals surface area contributed by atoms with Gasteiger partial charge in [-0.1, -0.05) is 22.0 Å². The van der Waals surface area contributed by atoms with Crippen molar-refractivity contribution in [2.75, 3.05) is 28.4 Å². The summed E-state index contributed by atoms with van der Waals surface area (Å²) in [6, 6.07) is 9.55. The number of benzene rings is 2. The first-order valence-corrected chi connectivity index (χ1v) is 8.43. The lowest BCUT2D eigenvalue weighted by Gasteiger charge is -2.15. The Bertz CT molecular complexity index is 662. The SMILES string of the molecule is COc1ccc(CBr)cc1OCc1cc(OC)c(OC)c(OC)c1. The van der Waals surface area contributed by atoms with Gasteiger partial charge in [-0.2, -0.15) is 0 Å². The van der Waals surface area contributed by atoms with Crippen LogP contribution in [-0.2, 0) is 11.9 Å². The molecular weight excluding hydrogens is 376 g/mol. The van der Waals surface area contributed by atoms with E-state index in [1.54, 1.807) is 28.4 Å². The zero-order valence-corrected chi connectivity index (χ0v) is 15.8. The van der Waals surface area contributed by atoms with Crippen LogP contribution in [0.3, 0.4) is 0 Å². The van der Waals surface area contributed by atoms with Gasteiger partial charge >= 0.3 is 0 Å². The Morgan fingerprint density at radius 3 is 1.79 bits per heavy atom. The molecule has 130 valence electrons. The number of ether oxygens (including phenoxy) is 5. The second-order valence-corrected chi connectivity index (χ2v) is 5.50. The third-order valence-corrected chi connectivity index (χ3v) is 4.15. The zero-order valence-electron chi connectivity index (χ0n) is 14.2. The summed E-state index contributed by atoms with van der Waals surface area (Å²) >= 11 is 3.44. The first kappa shape index (κ1) is 18.3. The summed E-state index contributed by atoms with van der Waals surface area (Å²) in [6.45, 7) is 0.346. The Balaban J connectivity index is 2.26. The molecule has 24 heavy (non-hydrogen) atoms. The van der Waals surface area contributed by atoms with Crippen LogP contribution in [0.15, 0.2) is 30.3 Å². The number of rotatable bonds is 8. The molecule has 0 N–H and O–H groups in total. The maximum absolute atomic E-state index is 5.93. The smallest absolute Gasteiger partial charge is 0.203 e. The van der Waals surface area contributed by atoms with E-state index >= 15 is 0 Å². The lowest BCUT2D eigenvalue weighted by molar-refractivity contribution is 0.281. The first-order valence-electron chi connectivity index (χ1n) is 7.31. The fourth-order valence-corrected chi connectivity index (χ4v) is 2.65. The predicted octanol–water partition coefficient (Wildman–Crippen LogP) is 4.19. The first-order chi connectivity index (χ1) is 11.7. The average molecular weight is 397 g/mol. The Morgan fingerprint density at radius 1 is 0.708 bits per heavy atom. The minimum absolute atomic E-state index is 0.346. The summed E-state index contributed by atoms with van der Waals surface area (Å²) in [6.07, 6.45) is 0. The fraction of sp³-hybridized carbons (Fsp3) is 0.333. The molecule has 0 saturated heterocycles. The lowest BCUT2D eigenvalue weighted by Crippen LogP contribution is -2.01. The summed E-state index contributed by atoms with van der Waals surface area (Å²) in [7, 11) is 6.37. The normalized spacial score (nSPS) is 10.2. The number of methoxy groups -OCH3 is 4. The van der Waals surface area contributed by atoms with Crippen LogP contribution in [-0.4, -0.2) is 28.4 Å². The molecule has 0 radical (unpaired) electrons. The Labute approximate surface area is 150 Å². The topological polar surface area (TPSA) is 46.2 Å². The minimum Gasteiger partial charge on any atom is -0.493 e. The van der Waals surface area contributed by atoms with Gasteiger partial charge in [0, 0.05) is 5.33 Å². The highest BCUT2D eigenvalue weighted by Gasteiger charge is 2.14. The predicted molar refractivity (Wildman–Crippen MR) is 96.1 cm³/mol. The van der Waals surface area contributed by atoms with E-state index in [4.69, 9.17) is 23.7 Å². The average Bonchev–Trinajstić information content (AvgIpc) is 2.64. The second-order valence-electron chi connectivity index (χ2n) is 4.94. The van der Waals surface area contributed by atoms with Gasteiger partial charge in [0.05, 0.1) is 28.4 Å². The molecular formula is C18H21BrO5. The van der Waals surface area contributed by atoms with Crippen molar-refractivity contribution in [3.8, 4) is 28.7 Å². The van der Waals surface area contributed by atoms with E-state index < -0.39 is 0 Å². The Kier molecular flexibility index (Phi) is 6.61. The lowest BCUT2D eigenvalue weighted by atomic mass is 10.2. The molecule has 5 nitrogen and oxygen atoms in total. The molecule has 0 aliphatic heterocycles. The molecule has 0 unspecified atom stereocenters. The van der Waals surface area contributed by atoms with Crippen molar-refractivity contribution in [3.05, 3.63) is 41.5 Å². The number of hydrogen-bond donors (Lipinski definition) is 0. The molecule has 0 heterocycles. The highest BCUT2D eigenvalue weighted by molar-refractivity contribution is 9.08. The summed E-state index contributed by atoms with van der Waals surface area (Å²) in [5.41, 5.74) is 2.01. The Hall–Kier alpha value is -2.08. The Morgan fingerprint density at radius 2 is 1.29 bits per heavy atom. The highest BCUT2D eigenvalue weighted by atomic mass is 79.9. The van der Waals surface area contributed by atoms with E-state index in [2.05, 4.69) is 15.9 Å². The number of alkyl halides is 1. The standard InChI is InChI=1S/C18H21BrO5/c1-20-14-6-5-12(10-19)7-15(14)24-11-13-8-16(21-2)18(23-4)17(9-13)22-3/h5-9H,10-11H2,1-4H3. The molecule has 6 heteroatoms. The summed E-state index contributed by atoms with van der Waals surface area (Å²) < 4.78 is 27.3. The molecule has 0 atom stereocenters. The van der Waals surface area contributed by atoms with Crippen molar-refractivity contribution >= 4 is 15.9 Å². The van der Waals surface area contributed by atoms with E-state index in [1.165, 1.54) is 0 Å². The van der Waals surface area contributed by atoms with E-state index in [0.717, 1.165) is 16.5 Å². The molecule has 0 aliphatic carbocycles. The maximum Gasteiger partial charge on any atom is 0.203 e. The van der Waals surface area contributed by atoms with Crippen LogP contribution in [0.5, 0.6) is 28.7 Å². The maximum atomic E-state index is 5.93. The van der Waals surface area contributed by atoms with E-state index in [1.807, 2.05) is 30.3 Å². The molecule has 0 amide bonds. The third-order valence-electron chi connectivity index (χ3n) is 3.50. The monoisotopic (exact) mass is 396 g/mol.